The van der Waals surface area contributed by atoms with Gasteiger partial charge in [-0.25, -0.2) is 4.98 Å². The molecule has 0 atom stereocenters. The molecule has 3 heterocycles. The summed E-state index contributed by atoms with van der Waals surface area (Å²) in [6, 6.07) is 7.12. The van der Waals surface area contributed by atoms with Crippen LogP contribution < -0.4 is 10.9 Å². The van der Waals surface area contributed by atoms with Crippen LogP contribution in [0.2, 0.25) is 5.02 Å². The summed E-state index contributed by atoms with van der Waals surface area (Å²) in [5, 5.41) is 7.92. The summed E-state index contributed by atoms with van der Waals surface area (Å²) in [5.41, 5.74) is 1.20. The van der Waals surface area contributed by atoms with Crippen molar-refractivity contribution in [3.8, 4) is 22.2 Å². The minimum Gasteiger partial charge on any atom is -0.355 e. The Labute approximate surface area is 186 Å². The van der Waals surface area contributed by atoms with Gasteiger partial charge < -0.3 is 9.84 Å². The first-order chi connectivity index (χ1) is 15.0. The van der Waals surface area contributed by atoms with Crippen LogP contribution in [-0.4, -0.2) is 32.1 Å². The Morgan fingerprint density at radius 3 is 2.81 bits per heavy atom. The average molecular weight is 458 g/mol. The van der Waals surface area contributed by atoms with Crippen LogP contribution in [0.15, 0.2) is 39.9 Å². The fourth-order valence-corrected chi connectivity index (χ4v) is 4.31. The van der Waals surface area contributed by atoms with E-state index in [2.05, 4.69) is 20.4 Å². The molecule has 1 aromatic carbocycles. The number of carbonyl (C=O) groups is 1. The van der Waals surface area contributed by atoms with Crippen LogP contribution in [0.3, 0.4) is 0 Å². The first-order valence-electron chi connectivity index (χ1n) is 9.83. The van der Waals surface area contributed by atoms with E-state index in [0.717, 1.165) is 18.4 Å². The minimum absolute atomic E-state index is 0.0720. The van der Waals surface area contributed by atoms with E-state index in [9.17, 15) is 9.59 Å². The Kier molecular flexibility index (Phi) is 6.15. The van der Waals surface area contributed by atoms with Crippen molar-refractivity contribution in [3.63, 3.8) is 0 Å². The third-order valence-electron chi connectivity index (χ3n) is 4.81. The predicted octanol–water partition coefficient (Wildman–Crippen LogP) is 4.05. The second-order valence-electron chi connectivity index (χ2n) is 7.05. The number of thiophene rings is 1. The lowest BCUT2D eigenvalue weighted by Gasteiger charge is -2.06. The van der Waals surface area contributed by atoms with Crippen molar-refractivity contribution >= 4 is 39.1 Å². The lowest BCUT2D eigenvalue weighted by atomic mass is 10.2. The van der Waals surface area contributed by atoms with Gasteiger partial charge in [0.15, 0.2) is 0 Å². The summed E-state index contributed by atoms with van der Waals surface area (Å²) in [5.74, 6) is 0.528. The largest absolute Gasteiger partial charge is 0.355 e. The number of benzene rings is 1. The van der Waals surface area contributed by atoms with Crippen LogP contribution in [0.1, 0.15) is 25.3 Å². The number of carbonyl (C=O) groups excluding carboxylic acids is 1. The Balaban J connectivity index is 1.64. The van der Waals surface area contributed by atoms with Crippen LogP contribution in [0.5, 0.6) is 0 Å². The number of nitrogens with zero attached hydrogens (tertiary/aromatic N) is 4. The molecule has 1 amide bonds. The molecule has 0 saturated carbocycles. The highest BCUT2D eigenvalue weighted by molar-refractivity contribution is 7.22. The molecule has 10 heteroatoms. The Hall–Kier alpha value is -3.04. The summed E-state index contributed by atoms with van der Waals surface area (Å²) >= 11 is 7.23. The monoisotopic (exact) mass is 457 g/mol. The molecule has 0 aliphatic carbocycles. The smallest absolute Gasteiger partial charge is 0.268 e. The fraction of sp³-hybridized carbons (Fsp3) is 0.286. The molecular weight excluding hydrogens is 438 g/mol. The molecule has 0 bridgehead atoms. The van der Waals surface area contributed by atoms with Gasteiger partial charge in [0, 0.05) is 17.1 Å². The Morgan fingerprint density at radius 1 is 1.29 bits per heavy atom. The molecule has 160 valence electrons. The molecule has 0 aliphatic rings. The second-order valence-corrected chi connectivity index (χ2v) is 8.48. The maximum Gasteiger partial charge on any atom is 0.268 e. The number of rotatable bonds is 7. The normalized spacial score (nSPS) is 11.2. The van der Waals surface area contributed by atoms with Crippen molar-refractivity contribution in [1.29, 1.82) is 0 Å². The van der Waals surface area contributed by atoms with Gasteiger partial charge in [-0.15, -0.1) is 11.3 Å². The van der Waals surface area contributed by atoms with Gasteiger partial charge in [0.05, 0.1) is 16.6 Å². The average Bonchev–Trinajstić information content (AvgIpc) is 3.36. The fourth-order valence-electron chi connectivity index (χ4n) is 3.12. The zero-order valence-corrected chi connectivity index (χ0v) is 18.6. The van der Waals surface area contributed by atoms with Crippen molar-refractivity contribution in [2.45, 2.75) is 33.2 Å². The lowest BCUT2D eigenvalue weighted by Crippen LogP contribution is -2.32. The van der Waals surface area contributed by atoms with Gasteiger partial charge in [-0.05, 0) is 43.2 Å². The van der Waals surface area contributed by atoms with Gasteiger partial charge in [-0.3, -0.25) is 14.2 Å². The zero-order chi connectivity index (χ0) is 22.0. The van der Waals surface area contributed by atoms with Gasteiger partial charge >= 0.3 is 0 Å². The SMILES string of the molecule is CCCCNC(=O)Cn1cnc2sc(-c3nc(-c4ccc(Cl)cc4)no3)c(C)c2c1=O. The quantitative estimate of drug-likeness (QED) is 0.420. The van der Waals surface area contributed by atoms with Crippen LogP contribution in [0.25, 0.3) is 32.4 Å². The van der Waals surface area contributed by atoms with Crippen LogP contribution in [-0.2, 0) is 11.3 Å². The molecule has 0 saturated heterocycles. The summed E-state index contributed by atoms with van der Waals surface area (Å²) in [6.45, 7) is 4.38. The highest BCUT2D eigenvalue weighted by Crippen LogP contribution is 2.35. The van der Waals surface area contributed by atoms with Crippen molar-refractivity contribution in [2.75, 3.05) is 6.54 Å². The topological polar surface area (TPSA) is 103 Å². The van der Waals surface area contributed by atoms with E-state index < -0.39 is 0 Å². The summed E-state index contributed by atoms with van der Waals surface area (Å²) in [4.78, 5) is 35.2. The van der Waals surface area contributed by atoms with E-state index in [0.29, 0.717) is 43.9 Å². The number of aryl methyl sites for hydroxylation is 1. The number of aromatic nitrogens is 4. The number of hydrogen-bond acceptors (Lipinski definition) is 7. The maximum absolute atomic E-state index is 13.0. The molecule has 0 spiro atoms. The highest BCUT2D eigenvalue weighted by Gasteiger charge is 2.21. The van der Waals surface area contributed by atoms with Crippen molar-refractivity contribution in [3.05, 3.63) is 51.5 Å². The maximum atomic E-state index is 13.0. The minimum atomic E-state index is -0.270. The van der Waals surface area contributed by atoms with E-state index in [1.807, 2.05) is 13.8 Å². The van der Waals surface area contributed by atoms with E-state index in [4.69, 9.17) is 16.1 Å². The molecule has 8 nitrogen and oxygen atoms in total. The first kappa shape index (κ1) is 21.2. The van der Waals surface area contributed by atoms with E-state index in [1.165, 1.54) is 22.2 Å². The van der Waals surface area contributed by atoms with Crippen LogP contribution in [0, 0.1) is 6.92 Å². The van der Waals surface area contributed by atoms with Crippen LogP contribution >= 0.6 is 22.9 Å². The number of unbranched alkanes of at least 4 members (excludes halogenated alkanes) is 1. The molecule has 3 aromatic heterocycles. The third kappa shape index (κ3) is 4.38. The molecule has 1 N–H and O–H groups in total. The van der Waals surface area contributed by atoms with Gasteiger partial charge in [0.25, 0.3) is 11.4 Å². The van der Waals surface area contributed by atoms with Crippen molar-refractivity contribution in [1.82, 2.24) is 25.0 Å². The number of amides is 1. The van der Waals surface area contributed by atoms with Gasteiger partial charge in [-0.1, -0.05) is 30.1 Å². The molecule has 4 rings (SSSR count). The standard InChI is InChI=1S/C21H20ClN5O3S/c1-3-4-9-23-15(28)10-27-11-24-20-16(21(27)29)12(2)17(31-20)19-25-18(26-30-19)13-5-7-14(22)8-6-13/h5-8,11H,3-4,9-10H2,1-2H3,(H,23,28). The molecule has 0 fully saturated rings. The summed E-state index contributed by atoms with van der Waals surface area (Å²) in [6.07, 6.45) is 3.28. The van der Waals surface area contributed by atoms with E-state index in [1.54, 1.807) is 24.3 Å². The van der Waals surface area contributed by atoms with Gasteiger partial charge in [0.1, 0.15) is 11.4 Å². The molecule has 31 heavy (non-hydrogen) atoms. The third-order valence-corrected chi connectivity index (χ3v) is 6.25. The highest BCUT2D eigenvalue weighted by atomic mass is 35.5. The van der Waals surface area contributed by atoms with E-state index >= 15 is 0 Å². The van der Waals surface area contributed by atoms with Crippen molar-refractivity contribution in [2.24, 2.45) is 0 Å². The Bertz CT molecular complexity index is 1290. The van der Waals surface area contributed by atoms with Gasteiger partial charge in [0.2, 0.25) is 11.7 Å². The van der Waals surface area contributed by atoms with Gasteiger partial charge in [-0.2, -0.15) is 4.98 Å². The Morgan fingerprint density at radius 2 is 2.06 bits per heavy atom. The number of halogens is 1. The van der Waals surface area contributed by atoms with Crippen molar-refractivity contribution < 1.29 is 9.32 Å². The molecule has 4 aromatic rings. The number of nitrogens with one attached hydrogen (secondary N) is 1. The van der Waals surface area contributed by atoms with Crippen LogP contribution in [0.4, 0.5) is 0 Å². The first-order valence-corrected chi connectivity index (χ1v) is 11.0. The molecule has 0 radical (unpaired) electrons. The molecule has 0 aliphatic heterocycles. The molecule has 0 unspecified atom stereocenters. The van der Waals surface area contributed by atoms with E-state index in [-0.39, 0.29) is 18.0 Å². The molecular formula is C21H20ClN5O3S. The zero-order valence-electron chi connectivity index (χ0n) is 17.0. The summed E-state index contributed by atoms with van der Waals surface area (Å²) in [7, 11) is 0. The number of hydrogen-bond donors (Lipinski definition) is 1. The summed E-state index contributed by atoms with van der Waals surface area (Å²) < 4.78 is 6.77. The lowest BCUT2D eigenvalue weighted by molar-refractivity contribution is -0.121. The predicted molar refractivity (Wildman–Crippen MR) is 120 cm³/mol. The number of fused-ring (bicyclic) bond motifs is 1. The second kappa shape index (κ2) is 8.99.